The van der Waals surface area contributed by atoms with Crippen molar-refractivity contribution >= 4 is 33.2 Å². The van der Waals surface area contributed by atoms with E-state index in [9.17, 15) is 13.2 Å². The minimum absolute atomic E-state index is 0.249. The molecule has 0 radical (unpaired) electrons. The first-order valence-corrected chi connectivity index (χ1v) is 10.9. The molecule has 0 saturated carbocycles. The van der Waals surface area contributed by atoms with E-state index in [-0.39, 0.29) is 11.9 Å². The summed E-state index contributed by atoms with van der Waals surface area (Å²) in [6.07, 6.45) is 1.08. The molecule has 146 valence electrons. The zero-order valence-corrected chi connectivity index (χ0v) is 17.7. The molecule has 27 heavy (non-hydrogen) atoms. The fourth-order valence-corrected chi connectivity index (χ4v) is 4.41. The molecule has 5 nitrogen and oxygen atoms in total. The standard InChI is InChI=1S/C20H25ClN2O3S/c1-13-9-10-14(2)19(11-13)15(3)22-20(24)16(4)23(27(5,25)26)18-8-6-7-17(21)12-18/h6-12,15-16H,1-5H3,(H,22,24)/t15-,16+/m1/s1. The number of benzene rings is 2. The SMILES string of the molecule is Cc1ccc(C)c([C@@H](C)NC(=O)[C@H](C)N(c2cccc(Cl)c2)S(C)(=O)=O)c1. The first-order chi connectivity index (χ1) is 12.5. The zero-order chi connectivity index (χ0) is 20.4. The van der Waals surface area contributed by atoms with Gasteiger partial charge >= 0.3 is 0 Å². The lowest BCUT2D eigenvalue weighted by Crippen LogP contribution is -2.48. The monoisotopic (exact) mass is 408 g/mol. The molecule has 0 saturated heterocycles. The van der Waals surface area contributed by atoms with E-state index in [0.29, 0.717) is 10.7 Å². The van der Waals surface area contributed by atoms with Gasteiger partial charge in [-0.15, -0.1) is 0 Å². The van der Waals surface area contributed by atoms with Crippen molar-refractivity contribution < 1.29 is 13.2 Å². The number of carbonyl (C=O) groups excluding carboxylic acids is 1. The van der Waals surface area contributed by atoms with Crippen molar-refractivity contribution in [3.8, 4) is 0 Å². The maximum atomic E-state index is 12.8. The fraction of sp³-hybridized carbons (Fsp3) is 0.350. The first kappa shape index (κ1) is 21.3. The van der Waals surface area contributed by atoms with E-state index in [2.05, 4.69) is 5.32 Å². The average molecular weight is 409 g/mol. The van der Waals surface area contributed by atoms with Gasteiger partial charge in [0.05, 0.1) is 18.0 Å². The summed E-state index contributed by atoms with van der Waals surface area (Å²) in [5, 5.41) is 3.32. The largest absolute Gasteiger partial charge is 0.348 e. The van der Waals surface area contributed by atoms with Crippen molar-refractivity contribution in [3.05, 3.63) is 64.2 Å². The van der Waals surface area contributed by atoms with Crippen molar-refractivity contribution in [1.29, 1.82) is 0 Å². The van der Waals surface area contributed by atoms with Crippen LogP contribution >= 0.6 is 11.6 Å². The lowest BCUT2D eigenvalue weighted by atomic mass is 10.00. The number of rotatable bonds is 6. The zero-order valence-electron chi connectivity index (χ0n) is 16.2. The predicted molar refractivity (Wildman–Crippen MR) is 111 cm³/mol. The molecule has 2 aromatic carbocycles. The number of hydrogen-bond donors (Lipinski definition) is 1. The quantitative estimate of drug-likeness (QED) is 0.785. The maximum absolute atomic E-state index is 12.8. The van der Waals surface area contributed by atoms with E-state index >= 15 is 0 Å². The number of nitrogens with zero attached hydrogens (tertiary/aromatic N) is 1. The van der Waals surface area contributed by atoms with Gasteiger partial charge in [-0.25, -0.2) is 8.42 Å². The lowest BCUT2D eigenvalue weighted by molar-refractivity contribution is -0.122. The second kappa shape index (κ2) is 8.31. The van der Waals surface area contributed by atoms with E-state index in [1.165, 1.54) is 6.07 Å². The summed E-state index contributed by atoms with van der Waals surface area (Å²) >= 11 is 6.00. The summed E-state index contributed by atoms with van der Waals surface area (Å²) in [7, 11) is -3.68. The summed E-state index contributed by atoms with van der Waals surface area (Å²) in [5.74, 6) is -0.381. The molecule has 2 rings (SSSR count). The number of nitrogens with one attached hydrogen (secondary N) is 1. The van der Waals surface area contributed by atoms with E-state index in [4.69, 9.17) is 11.6 Å². The Morgan fingerprint density at radius 3 is 2.37 bits per heavy atom. The van der Waals surface area contributed by atoms with Crippen molar-refractivity contribution in [2.75, 3.05) is 10.6 Å². The molecule has 0 bridgehead atoms. The second-order valence-corrected chi connectivity index (χ2v) is 9.10. The Bertz CT molecular complexity index is 944. The van der Waals surface area contributed by atoms with Gasteiger partial charge in [-0.2, -0.15) is 0 Å². The molecule has 7 heteroatoms. The van der Waals surface area contributed by atoms with Crippen LogP contribution in [0, 0.1) is 13.8 Å². The minimum Gasteiger partial charge on any atom is -0.348 e. The topological polar surface area (TPSA) is 66.5 Å². The molecule has 0 spiro atoms. The Hall–Kier alpha value is -2.05. The molecule has 1 N–H and O–H groups in total. The Morgan fingerprint density at radius 2 is 1.78 bits per heavy atom. The first-order valence-electron chi connectivity index (χ1n) is 8.63. The highest BCUT2D eigenvalue weighted by Crippen LogP contribution is 2.25. The molecule has 2 aromatic rings. The molecular formula is C20H25ClN2O3S. The second-order valence-electron chi connectivity index (χ2n) is 6.80. The van der Waals surface area contributed by atoms with Gasteiger partial charge < -0.3 is 5.32 Å². The van der Waals surface area contributed by atoms with Crippen LogP contribution in [0.1, 0.15) is 36.6 Å². The normalized spacial score (nSPS) is 13.7. The van der Waals surface area contributed by atoms with Crippen LogP contribution in [0.2, 0.25) is 5.02 Å². The maximum Gasteiger partial charge on any atom is 0.244 e. The van der Waals surface area contributed by atoms with Gasteiger partial charge in [0, 0.05) is 5.02 Å². The Kier molecular flexibility index (Phi) is 6.54. The summed E-state index contributed by atoms with van der Waals surface area (Å²) in [5.41, 5.74) is 3.52. The van der Waals surface area contributed by atoms with Crippen molar-refractivity contribution in [1.82, 2.24) is 5.32 Å². The number of aryl methyl sites for hydroxylation is 2. The van der Waals surface area contributed by atoms with Crippen molar-refractivity contribution in [3.63, 3.8) is 0 Å². The van der Waals surface area contributed by atoms with Crippen LogP contribution in [0.15, 0.2) is 42.5 Å². The Balaban J connectivity index is 2.28. The molecule has 0 aromatic heterocycles. The third kappa shape index (κ3) is 5.23. The number of hydrogen-bond acceptors (Lipinski definition) is 3. The highest BCUT2D eigenvalue weighted by Gasteiger charge is 2.30. The van der Waals surface area contributed by atoms with Crippen LogP contribution in [0.25, 0.3) is 0 Å². The summed E-state index contributed by atoms with van der Waals surface area (Å²) in [4.78, 5) is 12.8. The van der Waals surface area contributed by atoms with Crippen LogP contribution in [-0.2, 0) is 14.8 Å². The molecule has 2 atom stereocenters. The molecule has 0 fully saturated rings. The van der Waals surface area contributed by atoms with Gasteiger partial charge in [-0.1, -0.05) is 41.4 Å². The summed E-state index contributed by atoms with van der Waals surface area (Å²) < 4.78 is 25.8. The Morgan fingerprint density at radius 1 is 1.11 bits per heavy atom. The third-order valence-electron chi connectivity index (χ3n) is 4.41. The van der Waals surface area contributed by atoms with Crippen LogP contribution in [-0.4, -0.2) is 26.6 Å². The lowest BCUT2D eigenvalue weighted by Gasteiger charge is -2.29. The summed E-state index contributed by atoms with van der Waals surface area (Å²) in [6.45, 7) is 7.42. The molecule has 0 aliphatic rings. The predicted octanol–water partition coefficient (Wildman–Crippen LogP) is 3.99. The van der Waals surface area contributed by atoms with E-state index in [1.54, 1.807) is 25.1 Å². The van der Waals surface area contributed by atoms with E-state index < -0.39 is 16.1 Å². The third-order valence-corrected chi connectivity index (χ3v) is 5.89. The van der Waals surface area contributed by atoms with Crippen LogP contribution in [0.3, 0.4) is 0 Å². The van der Waals surface area contributed by atoms with Crippen LogP contribution < -0.4 is 9.62 Å². The van der Waals surface area contributed by atoms with Gasteiger partial charge in [-0.3, -0.25) is 9.10 Å². The van der Waals surface area contributed by atoms with Crippen molar-refractivity contribution in [2.45, 2.75) is 39.8 Å². The van der Waals surface area contributed by atoms with Gasteiger partial charge in [0.25, 0.3) is 0 Å². The van der Waals surface area contributed by atoms with Gasteiger partial charge in [-0.05, 0) is 57.0 Å². The number of anilines is 1. The van der Waals surface area contributed by atoms with Crippen LogP contribution in [0.4, 0.5) is 5.69 Å². The highest BCUT2D eigenvalue weighted by atomic mass is 35.5. The summed E-state index contributed by atoms with van der Waals surface area (Å²) in [6, 6.07) is 11.3. The van der Waals surface area contributed by atoms with E-state index in [0.717, 1.165) is 27.3 Å². The number of carbonyl (C=O) groups is 1. The molecule has 0 heterocycles. The van der Waals surface area contributed by atoms with Gasteiger partial charge in [0.1, 0.15) is 6.04 Å². The molecule has 0 aliphatic carbocycles. The smallest absolute Gasteiger partial charge is 0.244 e. The average Bonchev–Trinajstić information content (AvgIpc) is 2.55. The van der Waals surface area contributed by atoms with Gasteiger partial charge in [0.15, 0.2) is 0 Å². The van der Waals surface area contributed by atoms with Gasteiger partial charge in [0.2, 0.25) is 15.9 Å². The van der Waals surface area contributed by atoms with Crippen molar-refractivity contribution in [2.24, 2.45) is 0 Å². The molecular weight excluding hydrogens is 384 g/mol. The number of halogens is 1. The molecule has 1 amide bonds. The number of sulfonamides is 1. The molecule has 0 aliphatic heterocycles. The highest BCUT2D eigenvalue weighted by molar-refractivity contribution is 7.92. The van der Waals surface area contributed by atoms with Crippen LogP contribution in [0.5, 0.6) is 0 Å². The minimum atomic E-state index is -3.68. The van der Waals surface area contributed by atoms with E-state index in [1.807, 2.05) is 39.0 Å². The fourth-order valence-electron chi connectivity index (χ4n) is 3.06. The number of amides is 1. The Labute approximate surface area is 166 Å². The molecule has 0 unspecified atom stereocenters.